The first kappa shape index (κ1) is 16.3. The van der Waals surface area contributed by atoms with Crippen LogP contribution in [-0.4, -0.2) is 17.9 Å². The van der Waals surface area contributed by atoms with Crippen LogP contribution in [0.3, 0.4) is 0 Å². The first-order valence-electron chi connectivity index (χ1n) is 6.99. The second kappa shape index (κ2) is 7.72. The SMILES string of the molecule is CC(C)CC(=O)N[C@@H](C(=O)NCc1ccco1)C(C)C. The molecule has 0 fully saturated rings. The maximum Gasteiger partial charge on any atom is 0.243 e. The number of nitrogens with one attached hydrogen (secondary N) is 2. The van der Waals surface area contributed by atoms with Gasteiger partial charge >= 0.3 is 0 Å². The lowest BCUT2D eigenvalue weighted by Crippen LogP contribution is -2.49. The van der Waals surface area contributed by atoms with Crippen molar-refractivity contribution >= 4 is 11.8 Å². The Kier molecular flexibility index (Phi) is 6.28. The third-order valence-electron chi connectivity index (χ3n) is 2.88. The van der Waals surface area contributed by atoms with E-state index in [2.05, 4.69) is 10.6 Å². The van der Waals surface area contributed by atoms with Gasteiger partial charge in [-0.05, 0) is 24.0 Å². The molecule has 0 aliphatic carbocycles. The van der Waals surface area contributed by atoms with Crippen LogP contribution in [-0.2, 0) is 16.1 Å². The summed E-state index contributed by atoms with van der Waals surface area (Å²) in [6.07, 6.45) is 1.99. The average Bonchev–Trinajstić information content (AvgIpc) is 2.84. The van der Waals surface area contributed by atoms with Crippen LogP contribution in [0.15, 0.2) is 22.8 Å². The molecule has 0 radical (unpaired) electrons. The van der Waals surface area contributed by atoms with Gasteiger partial charge in [-0.1, -0.05) is 27.7 Å². The van der Waals surface area contributed by atoms with E-state index in [9.17, 15) is 9.59 Å². The molecule has 1 aromatic heterocycles. The third kappa shape index (κ3) is 5.47. The maximum absolute atomic E-state index is 12.1. The van der Waals surface area contributed by atoms with E-state index in [1.165, 1.54) is 0 Å². The molecule has 0 aliphatic rings. The van der Waals surface area contributed by atoms with E-state index in [4.69, 9.17) is 4.42 Å². The van der Waals surface area contributed by atoms with Gasteiger partial charge < -0.3 is 15.1 Å². The van der Waals surface area contributed by atoms with Gasteiger partial charge in [0.15, 0.2) is 0 Å². The molecule has 0 saturated carbocycles. The minimum absolute atomic E-state index is 0.0303. The van der Waals surface area contributed by atoms with E-state index in [1.807, 2.05) is 27.7 Å². The minimum Gasteiger partial charge on any atom is -0.467 e. The molecule has 0 bridgehead atoms. The summed E-state index contributed by atoms with van der Waals surface area (Å²) in [7, 11) is 0. The lowest BCUT2D eigenvalue weighted by atomic mass is 10.0. The van der Waals surface area contributed by atoms with Gasteiger partial charge in [-0.15, -0.1) is 0 Å². The number of hydrogen-bond acceptors (Lipinski definition) is 3. The lowest BCUT2D eigenvalue weighted by Gasteiger charge is -2.22. The molecule has 2 amide bonds. The van der Waals surface area contributed by atoms with Gasteiger partial charge in [-0.25, -0.2) is 0 Å². The summed E-state index contributed by atoms with van der Waals surface area (Å²) in [6.45, 7) is 8.09. The van der Waals surface area contributed by atoms with Crippen molar-refractivity contribution in [3.63, 3.8) is 0 Å². The summed E-state index contributed by atoms with van der Waals surface area (Å²) >= 11 is 0. The minimum atomic E-state index is -0.517. The molecule has 0 aromatic carbocycles. The highest BCUT2D eigenvalue weighted by atomic mass is 16.3. The fourth-order valence-electron chi connectivity index (χ4n) is 1.84. The Hall–Kier alpha value is -1.78. The topological polar surface area (TPSA) is 71.3 Å². The summed E-state index contributed by atoms with van der Waals surface area (Å²) in [5.74, 6) is 0.714. The van der Waals surface area contributed by atoms with Crippen molar-refractivity contribution in [3.05, 3.63) is 24.2 Å². The van der Waals surface area contributed by atoms with Gasteiger partial charge in [-0.2, -0.15) is 0 Å². The summed E-state index contributed by atoms with van der Waals surface area (Å²) < 4.78 is 5.16. The van der Waals surface area contributed by atoms with Crippen molar-refractivity contribution in [1.29, 1.82) is 0 Å². The van der Waals surface area contributed by atoms with Crippen molar-refractivity contribution in [2.45, 2.75) is 46.7 Å². The Bertz CT molecular complexity index is 424. The van der Waals surface area contributed by atoms with Gasteiger partial charge in [0, 0.05) is 6.42 Å². The molecule has 20 heavy (non-hydrogen) atoms. The fourth-order valence-corrected chi connectivity index (χ4v) is 1.84. The molecule has 0 aliphatic heterocycles. The Morgan fingerprint density at radius 3 is 2.45 bits per heavy atom. The van der Waals surface area contributed by atoms with E-state index < -0.39 is 6.04 Å². The Labute approximate surface area is 120 Å². The smallest absolute Gasteiger partial charge is 0.243 e. The highest BCUT2D eigenvalue weighted by Gasteiger charge is 2.24. The standard InChI is InChI=1S/C15H24N2O3/c1-10(2)8-13(18)17-14(11(3)4)15(19)16-9-12-6-5-7-20-12/h5-7,10-11,14H,8-9H2,1-4H3,(H,16,19)(H,17,18)/t14-/m1/s1. The van der Waals surface area contributed by atoms with Crippen LogP contribution in [0, 0.1) is 11.8 Å². The van der Waals surface area contributed by atoms with Crippen LogP contribution in [0.2, 0.25) is 0 Å². The third-order valence-corrected chi connectivity index (χ3v) is 2.88. The zero-order valence-electron chi connectivity index (χ0n) is 12.6. The first-order valence-corrected chi connectivity index (χ1v) is 6.99. The van der Waals surface area contributed by atoms with Crippen molar-refractivity contribution < 1.29 is 14.0 Å². The van der Waals surface area contributed by atoms with Crippen LogP contribution >= 0.6 is 0 Å². The summed E-state index contributed by atoms with van der Waals surface area (Å²) in [6, 6.07) is 3.05. The highest BCUT2D eigenvalue weighted by molar-refractivity contribution is 5.87. The molecule has 1 heterocycles. The molecule has 0 unspecified atom stereocenters. The quantitative estimate of drug-likeness (QED) is 0.803. The second-order valence-electron chi connectivity index (χ2n) is 5.68. The predicted molar refractivity (Wildman–Crippen MR) is 76.8 cm³/mol. The molecular weight excluding hydrogens is 256 g/mol. The van der Waals surface area contributed by atoms with Gasteiger partial charge in [-0.3, -0.25) is 9.59 Å². The zero-order chi connectivity index (χ0) is 15.1. The Balaban J connectivity index is 2.52. The summed E-state index contributed by atoms with van der Waals surface area (Å²) in [5, 5.41) is 5.57. The summed E-state index contributed by atoms with van der Waals surface area (Å²) in [4.78, 5) is 23.9. The van der Waals surface area contributed by atoms with E-state index in [0.717, 1.165) is 0 Å². The van der Waals surface area contributed by atoms with Crippen molar-refractivity contribution in [3.8, 4) is 0 Å². The summed E-state index contributed by atoms with van der Waals surface area (Å²) in [5.41, 5.74) is 0. The molecule has 5 heteroatoms. The zero-order valence-corrected chi connectivity index (χ0v) is 12.6. The van der Waals surface area contributed by atoms with Crippen LogP contribution < -0.4 is 10.6 Å². The fraction of sp³-hybridized carbons (Fsp3) is 0.600. The van der Waals surface area contributed by atoms with Gasteiger partial charge in [0.1, 0.15) is 11.8 Å². The molecule has 1 rings (SSSR count). The van der Waals surface area contributed by atoms with E-state index >= 15 is 0 Å². The van der Waals surface area contributed by atoms with Crippen molar-refractivity contribution in [2.24, 2.45) is 11.8 Å². The molecule has 1 atom stereocenters. The number of carbonyl (C=O) groups excluding carboxylic acids is 2. The number of amides is 2. The molecule has 5 nitrogen and oxygen atoms in total. The second-order valence-corrected chi connectivity index (χ2v) is 5.68. The van der Waals surface area contributed by atoms with E-state index in [0.29, 0.717) is 18.7 Å². The Morgan fingerprint density at radius 2 is 1.95 bits per heavy atom. The monoisotopic (exact) mass is 280 g/mol. The number of hydrogen-bond donors (Lipinski definition) is 2. The maximum atomic E-state index is 12.1. The molecular formula is C15H24N2O3. The molecule has 1 aromatic rings. The lowest BCUT2D eigenvalue weighted by molar-refractivity contribution is -0.130. The normalized spacial score (nSPS) is 12.5. The van der Waals surface area contributed by atoms with Crippen molar-refractivity contribution in [2.75, 3.05) is 0 Å². The highest BCUT2D eigenvalue weighted by Crippen LogP contribution is 2.06. The van der Waals surface area contributed by atoms with Gasteiger partial charge in [0.05, 0.1) is 12.8 Å². The first-order chi connectivity index (χ1) is 9.40. The predicted octanol–water partition coefficient (Wildman–Crippen LogP) is 2.08. The van der Waals surface area contributed by atoms with Crippen molar-refractivity contribution in [1.82, 2.24) is 10.6 Å². The van der Waals surface area contributed by atoms with Crippen LogP contribution in [0.5, 0.6) is 0 Å². The molecule has 2 N–H and O–H groups in total. The number of rotatable bonds is 7. The number of furan rings is 1. The van der Waals surface area contributed by atoms with E-state index in [1.54, 1.807) is 18.4 Å². The van der Waals surface area contributed by atoms with Crippen LogP contribution in [0.1, 0.15) is 39.9 Å². The van der Waals surface area contributed by atoms with Gasteiger partial charge in [0.2, 0.25) is 11.8 Å². The molecule has 0 saturated heterocycles. The van der Waals surface area contributed by atoms with Gasteiger partial charge in [0.25, 0.3) is 0 Å². The largest absolute Gasteiger partial charge is 0.467 e. The van der Waals surface area contributed by atoms with Crippen LogP contribution in [0.4, 0.5) is 0 Å². The average molecular weight is 280 g/mol. The Morgan fingerprint density at radius 1 is 1.25 bits per heavy atom. The number of carbonyl (C=O) groups is 2. The van der Waals surface area contributed by atoms with E-state index in [-0.39, 0.29) is 23.7 Å². The van der Waals surface area contributed by atoms with Crippen LogP contribution in [0.25, 0.3) is 0 Å². The molecule has 112 valence electrons. The molecule has 0 spiro atoms.